The van der Waals surface area contributed by atoms with E-state index in [0.717, 1.165) is 6.42 Å². The van der Waals surface area contributed by atoms with Crippen LogP contribution >= 0.6 is 15.9 Å². The van der Waals surface area contributed by atoms with E-state index in [1.807, 2.05) is 0 Å². The lowest BCUT2D eigenvalue weighted by atomic mass is 10.2. The van der Waals surface area contributed by atoms with Crippen LogP contribution in [0.3, 0.4) is 0 Å². The van der Waals surface area contributed by atoms with Gasteiger partial charge in [0.1, 0.15) is 0 Å². The predicted octanol–water partition coefficient (Wildman–Crippen LogP) is 0.915. The van der Waals surface area contributed by atoms with E-state index in [4.69, 9.17) is 4.74 Å². The largest absolute Gasteiger partial charge is 0.384 e. The van der Waals surface area contributed by atoms with Gasteiger partial charge < -0.3 is 14.6 Å². The van der Waals surface area contributed by atoms with E-state index in [9.17, 15) is 9.59 Å². The number of hydrogen-bond acceptors (Lipinski definition) is 3. The van der Waals surface area contributed by atoms with Crippen LogP contribution in [0.5, 0.6) is 0 Å². The summed E-state index contributed by atoms with van der Waals surface area (Å²) in [5, 5.41) is 2.76. The van der Waals surface area contributed by atoms with Crippen LogP contribution in [0.1, 0.15) is 16.8 Å². The van der Waals surface area contributed by atoms with Crippen molar-refractivity contribution in [1.82, 2.24) is 9.88 Å². The van der Waals surface area contributed by atoms with Crippen LogP contribution < -0.4 is 10.9 Å². The predicted molar refractivity (Wildman–Crippen MR) is 73.2 cm³/mol. The Hall–Kier alpha value is -1.14. The van der Waals surface area contributed by atoms with Gasteiger partial charge in [-0.3, -0.25) is 9.59 Å². The molecule has 0 aliphatic heterocycles. The number of alkyl halides is 1. The second kappa shape index (κ2) is 7.33. The number of carbonyl (C=O) groups is 1. The second-order valence-electron chi connectivity index (χ2n) is 3.96. The number of rotatable bonds is 6. The zero-order valence-corrected chi connectivity index (χ0v) is 12.1. The maximum Gasteiger partial charge on any atom is 0.251 e. The van der Waals surface area contributed by atoms with Crippen LogP contribution in [0.25, 0.3) is 0 Å². The normalized spacial score (nSPS) is 12.2. The third-order valence-corrected chi connectivity index (χ3v) is 3.18. The molecule has 18 heavy (non-hydrogen) atoms. The average Bonchev–Trinajstić information content (AvgIpc) is 2.33. The van der Waals surface area contributed by atoms with Crippen LogP contribution in [0.15, 0.2) is 23.1 Å². The number of ether oxygens (including phenoxy) is 1. The molecule has 1 N–H and O–H groups in total. The van der Waals surface area contributed by atoms with E-state index in [0.29, 0.717) is 18.7 Å². The maximum atomic E-state index is 11.7. The van der Waals surface area contributed by atoms with Crippen molar-refractivity contribution in [1.29, 1.82) is 0 Å². The number of methoxy groups -OCH3 is 1. The maximum absolute atomic E-state index is 11.7. The first-order valence-corrected chi connectivity index (χ1v) is 6.54. The Morgan fingerprint density at radius 3 is 2.94 bits per heavy atom. The van der Waals surface area contributed by atoms with E-state index in [-0.39, 0.29) is 16.3 Å². The molecule has 1 aromatic rings. The quantitative estimate of drug-likeness (QED) is 0.794. The molecule has 1 aromatic heterocycles. The van der Waals surface area contributed by atoms with Gasteiger partial charge in [0.15, 0.2) is 0 Å². The Kier molecular flexibility index (Phi) is 6.07. The number of amides is 1. The van der Waals surface area contributed by atoms with Crippen LogP contribution in [0.2, 0.25) is 0 Å². The summed E-state index contributed by atoms with van der Waals surface area (Å²) in [5.74, 6) is -0.232. The van der Waals surface area contributed by atoms with Gasteiger partial charge >= 0.3 is 0 Å². The number of nitrogens with one attached hydrogen (secondary N) is 1. The zero-order chi connectivity index (χ0) is 13.5. The van der Waals surface area contributed by atoms with E-state index >= 15 is 0 Å². The molecule has 0 saturated carbocycles. The van der Waals surface area contributed by atoms with Crippen molar-refractivity contribution in [3.63, 3.8) is 0 Å². The molecule has 0 aliphatic carbocycles. The fraction of sp³-hybridized carbons (Fsp3) is 0.500. The molecular weight excluding hydrogens is 300 g/mol. The number of aryl methyl sites for hydroxylation is 1. The summed E-state index contributed by atoms with van der Waals surface area (Å²) < 4.78 is 6.39. The molecule has 6 heteroatoms. The van der Waals surface area contributed by atoms with Gasteiger partial charge in [0, 0.05) is 43.4 Å². The molecule has 1 rings (SSSR count). The van der Waals surface area contributed by atoms with Gasteiger partial charge in [0.2, 0.25) is 0 Å². The minimum absolute atomic E-state index is 0.194. The number of hydrogen-bond donors (Lipinski definition) is 1. The van der Waals surface area contributed by atoms with Crippen LogP contribution in [-0.2, 0) is 11.8 Å². The SMILES string of the molecule is COCC(Br)CCNC(=O)c1ccn(C)c(=O)c1. The topological polar surface area (TPSA) is 60.3 Å². The molecule has 1 heterocycles. The van der Waals surface area contributed by atoms with Gasteiger partial charge in [0.25, 0.3) is 11.5 Å². The third-order valence-electron chi connectivity index (χ3n) is 2.46. The lowest BCUT2D eigenvalue weighted by molar-refractivity contribution is 0.0951. The molecule has 0 fully saturated rings. The van der Waals surface area contributed by atoms with Crippen molar-refractivity contribution in [2.75, 3.05) is 20.3 Å². The summed E-state index contributed by atoms with van der Waals surface area (Å²) in [6.45, 7) is 1.13. The van der Waals surface area contributed by atoms with Gasteiger partial charge in [-0.2, -0.15) is 0 Å². The van der Waals surface area contributed by atoms with Crippen molar-refractivity contribution in [3.8, 4) is 0 Å². The number of nitrogens with zero attached hydrogens (tertiary/aromatic N) is 1. The standard InChI is InChI=1S/C12H17BrN2O3/c1-15-6-4-9(7-11(15)16)12(17)14-5-3-10(13)8-18-2/h4,6-7,10H,3,5,8H2,1-2H3,(H,14,17). The Morgan fingerprint density at radius 1 is 1.61 bits per heavy atom. The van der Waals surface area contributed by atoms with E-state index in [1.165, 1.54) is 10.6 Å². The average molecular weight is 317 g/mol. The van der Waals surface area contributed by atoms with Crippen molar-refractivity contribution in [3.05, 3.63) is 34.2 Å². The Bertz CT molecular complexity index is 459. The molecule has 1 unspecified atom stereocenters. The fourth-order valence-corrected chi connectivity index (χ4v) is 1.89. The van der Waals surface area contributed by atoms with Crippen molar-refractivity contribution in [2.45, 2.75) is 11.2 Å². The van der Waals surface area contributed by atoms with Crippen molar-refractivity contribution >= 4 is 21.8 Å². The van der Waals surface area contributed by atoms with Crippen LogP contribution in [-0.4, -0.2) is 35.6 Å². The highest BCUT2D eigenvalue weighted by Gasteiger charge is 2.08. The zero-order valence-electron chi connectivity index (χ0n) is 10.5. The third kappa shape index (κ3) is 4.62. The summed E-state index contributed by atoms with van der Waals surface area (Å²) in [6, 6.07) is 2.95. The Balaban J connectivity index is 2.45. The molecule has 1 amide bonds. The van der Waals surface area contributed by atoms with Gasteiger partial charge in [-0.25, -0.2) is 0 Å². The summed E-state index contributed by atoms with van der Waals surface area (Å²) in [4.78, 5) is 23.3. The summed E-state index contributed by atoms with van der Waals surface area (Å²) in [6.07, 6.45) is 2.35. The molecule has 0 aromatic carbocycles. The molecule has 1 atom stereocenters. The molecule has 100 valence electrons. The molecule has 0 radical (unpaired) electrons. The second-order valence-corrected chi connectivity index (χ2v) is 5.26. The van der Waals surface area contributed by atoms with E-state index < -0.39 is 0 Å². The highest BCUT2D eigenvalue weighted by atomic mass is 79.9. The number of carbonyl (C=O) groups excluding carboxylic acids is 1. The number of aromatic nitrogens is 1. The van der Waals surface area contributed by atoms with Gasteiger partial charge in [-0.15, -0.1) is 0 Å². The smallest absolute Gasteiger partial charge is 0.251 e. The molecular formula is C12H17BrN2O3. The molecule has 0 saturated heterocycles. The summed E-state index contributed by atoms with van der Waals surface area (Å²) in [7, 11) is 3.27. The number of pyridine rings is 1. The summed E-state index contributed by atoms with van der Waals surface area (Å²) >= 11 is 3.44. The monoisotopic (exact) mass is 316 g/mol. The highest BCUT2D eigenvalue weighted by Crippen LogP contribution is 2.04. The lowest BCUT2D eigenvalue weighted by Gasteiger charge is -2.09. The van der Waals surface area contributed by atoms with Gasteiger partial charge in [0.05, 0.1) is 6.61 Å². The van der Waals surface area contributed by atoms with E-state index in [2.05, 4.69) is 21.2 Å². The highest BCUT2D eigenvalue weighted by molar-refractivity contribution is 9.09. The van der Waals surface area contributed by atoms with E-state index in [1.54, 1.807) is 26.4 Å². The first-order valence-electron chi connectivity index (χ1n) is 5.62. The Morgan fingerprint density at radius 2 is 2.33 bits per heavy atom. The number of halogens is 1. The Labute approximate surface area is 114 Å². The van der Waals surface area contributed by atoms with Crippen LogP contribution in [0, 0.1) is 0 Å². The van der Waals surface area contributed by atoms with Crippen LogP contribution in [0.4, 0.5) is 0 Å². The fourth-order valence-electron chi connectivity index (χ4n) is 1.40. The van der Waals surface area contributed by atoms with Crippen molar-refractivity contribution in [2.24, 2.45) is 7.05 Å². The lowest BCUT2D eigenvalue weighted by Crippen LogP contribution is -2.28. The first-order chi connectivity index (χ1) is 8.54. The minimum atomic E-state index is -0.232. The van der Waals surface area contributed by atoms with Gasteiger partial charge in [-0.05, 0) is 12.5 Å². The molecule has 0 bridgehead atoms. The molecule has 0 spiro atoms. The summed E-state index contributed by atoms with van der Waals surface area (Å²) in [5.41, 5.74) is 0.191. The first kappa shape index (κ1) is 14.9. The molecule has 5 nitrogen and oxygen atoms in total. The minimum Gasteiger partial charge on any atom is -0.384 e. The van der Waals surface area contributed by atoms with Gasteiger partial charge in [-0.1, -0.05) is 15.9 Å². The van der Waals surface area contributed by atoms with Crippen molar-refractivity contribution < 1.29 is 9.53 Å². The molecule has 0 aliphatic rings.